The van der Waals surface area contributed by atoms with E-state index in [0.717, 1.165) is 11.6 Å². The van der Waals surface area contributed by atoms with E-state index >= 15 is 0 Å². The quantitative estimate of drug-likeness (QED) is 0.512. The largest absolute Gasteiger partial charge is 0.508 e. The molecule has 9 heteroatoms. The fourth-order valence-corrected chi connectivity index (χ4v) is 4.53. The lowest BCUT2D eigenvalue weighted by Gasteiger charge is -2.44. The molecule has 8 nitrogen and oxygen atoms in total. The Bertz CT molecular complexity index is 1020. The molecule has 36 heavy (non-hydrogen) atoms. The van der Waals surface area contributed by atoms with Crippen LogP contribution in [0.15, 0.2) is 48.5 Å². The van der Waals surface area contributed by atoms with Crippen molar-refractivity contribution in [2.45, 2.75) is 57.9 Å². The zero-order valence-corrected chi connectivity index (χ0v) is 21.1. The van der Waals surface area contributed by atoms with E-state index in [1.54, 1.807) is 25.7 Å². The average molecular weight is 502 g/mol. The Morgan fingerprint density at radius 1 is 1.17 bits per heavy atom. The first-order valence-electron chi connectivity index (χ1n) is 12.2. The van der Waals surface area contributed by atoms with Crippen LogP contribution in [-0.2, 0) is 22.5 Å². The number of nitrogens with two attached hydrogens (primary N) is 1. The summed E-state index contributed by atoms with van der Waals surface area (Å²) in [6.07, 6.45) is -1.50. The van der Waals surface area contributed by atoms with Crippen molar-refractivity contribution in [2.75, 3.05) is 19.6 Å². The molecule has 2 aromatic rings. The van der Waals surface area contributed by atoms with Crippen LogP contribution in [0.25, 0.3) is 0 Å². The Balaban J connectivity index is 1.91. The van der Waals surface area contributed by atoms with Crippen LogP contribution in [0.3, 0.4) is 0 Å². The fraction of sp³-hybridized carbons (Fsp3) is 0.481. The molecule has 3 atom stereocenters. The average Bonchev–Trinajstić information content (AvgIpc) is 2.78. The number of ether oxygens (including phenoxy) is 1. The second kappa shape index (κ2) is 11.7. The number of hydrogen-bond acceptors (Lipinski definition) is 6. The number of phenols is 1. The molecule has 196 valence electrons. The second-order valence-corrected chi connectivity index (χ2v) is 10.2. The van der Waals surface area contributed by atoms with Crippen LogP contribution in [0.1, 0.15) is 38.3 Å². The predicted octanol–water partition coefficient (Wildman–Crippen LogP) is 3.05. The van der Waals surface area contributed by atoms with Crippen molar-refractivity contribution in [1.29, 1.82) is 0 Å². The number of carbonyl (C=O) groups is 2. The van der Waals surface area contributed by atoms with E-state index in [1.165, 1.54) is 17.0 Å². The summed E-state index contributed by atoms with van der Waals surface area (Å²) < 4.78 is 19.4. The minimum atomic E-state index is -1.29. The summed E-state index contributed by atoms with van der Waals surface area (Å²) in [6, 6.07) is 12.0. The van der Waals surface area contributed by atoms with E-state index in [-0.39, 0.29) is 31.8 Å². The van der Waals surface area contributed by atoms with Gasteiger partial charge in [-0.3, -0.25) is 9.69 Å². The summed E-state index contributed by atoms with van der Waals surface area (Å²) in [6.45, 7) is 6.22. The molecule has 2 aromatic carbocycles. The summed E-state index contributed by atoms with van der Waals surface area (Å²) >= 11 is 0. The maximum absolute atomic E-state index is 13.9. The van der Waals surface area contributed by atoms with Gasteiger partial charge in [-0.05, 0) is 69.3 Å². The van der Waals surface area contributed by atoms with Crippen LogP contribution >= 0.6 is 0 Å². The fourth-order valence-electron chi connectivity index (χ4n) is 4.53. The highest BCUT2D eigenvalue weighted by Crippen LogP contribution is 2.28. The van der Waals surface area contributed by atoms with Crippen molar-refractivity contribution in [3.63, 3.8) is 0 Å². The molecule has 0 unspecified atom stereocenters. The van der Waals surface area contributed by atoms with E-state index in [4.69, 9.17) is 10.5 Å². The molecule has 4 N–H and O–H groups in total. The summed E-state index contributed by atoms with van der Waals surface area (Å²) in [5.74, 6) is -1.81. The lowest BCUT2D eigenvalue weighted by molar-refractivity contribution is -0.149. The van der Waals surface area contributed by atoms with Gasteiger partial charge in [0.1, 0.15) is 23.2 Å². The van der Waals surface area contributed by atoms with Crippen LogP contribution in [0.2, 0.25) is 0 Å². The summed E-state index contributed by atoms with van der Waals surface area (Å²) in [5.41, 5.74) is 6.42. The molecule has 0 aliphatic carbocycles. The molecular weight excluding hydrogens is 465 g/mol. The maximum atomic E-state index is 13.9. The first-order chi connectivity index (χ1) is 17.0. The minimum Gasteiger partial charge on any atom is -0.508 e. The van der Waals surface area contributed by atoms with Gasteiger partial charge in [0.15, 0.2) is 0 Å². The van der Waals surface area contributed by atoms with E-state index in [0.29, 0.717) is 18.5 Å². The molecule has 1 aliphatic rings. The highest BCUT2D eigenvalue weighted by molar-refractivity contribution is 5.87. The van der Waals surface area contributed by atoms with Crippen molar-refractivity contribution in [1.82, 2.24) is 9.80 Å². The standard InChI is InChI=1S/C27H36FN3O5/c1-27(2,3)36-26(35)31-12-11-30(17-18-7-5-4-6-8-18)25(34)23(31)24(33)20(9-10-29)13-19-14-21(28)16-22(32)15-19/h4-8,14-16,20,23-24,32-33H,9-13,17,29H2,1-3H3/t20-,23-,24-/m0/s1. The summed E-state index contributed by atoms with van der Waals surface area (Å²) in [4.78, 5) is 29.7. The normalized spacial score (nSPS) is 18.2. The van der Waals surface area contributed by atoms with Crippen molar-refractivity contribution in [3.8, 4) is 5.75 Å². The van der Waals surface area contributed by atoms with Gasteiger partial charge in [0.05, 0.1) is 6.10 Å². The Kier molecular flexibility index (Phi) is 8.92. The number of phenolic OH excluding ortho intramolecular Hbond substituents is 1. The molecule has 2 amide bonds. The van der Waals surface area contributed by atoms with Crippen molar-refractivity contribution >= 4 is 12.0 Å². The van der Waals surface area contributed by atoms with Crippen LogP contribution < -0.4 is 5.73 Å². The number of piperazine rings is 1. The van der Waals surface area contributed by atoms with Gasteiger partial charge in [0.2, 0.25) is 5.91 Å². The summed E-state index contributed by atoms with van der Waals surface area (Å²) in [5, 5.41) is 21.3. The Hall–Kier alpha value is -3.17. The molecule has 0 aromatic heterocycles. The Labute approximate surface area is 211 Å². The third kappa shape index (κ3) is 7.18. The van der Waals surface area contributed by atoms with Crippen LogP contribution in [-0.4, -0.2) is 69.4 Å². The monoisotopic (exact) mass is 501 g/mol. The van der Waals surface area contributed by atoms with Crippen molar-refractivity contribution in [3.05, 3.63) is 65.5 Å². The highest BCUT2D eigenvalue weighted by Gasteiger charge is 2.45. The van der Waals surface area contributed by atoms with Gasteiger partial charge >= 0.3 is 6.09 Å². The van der Waals surface area contributed by atoms with Gasteiger partial charge < -0.3 is 25.6 Å². The third-order valence-electron chi connectivity index (χ3n) is 6.14. The molecule has 1 aliphatic heterocycles. The van der Waals surface area contributed by atoms with E-state index in [1.807, 2.05) is 30.3 Å². The molecule has 1 fully saturated rings. The van der Waals surface area contributed by atoms with Crippen molar-refractivity contribution < 1.29 is 28.9 Å². The number of rotatable bonds is 8. The van der Waals surface area contributed by atoms with Gasteiger partial charge in [-0.25, -0.2) is 9.18 Å². The lowest BCUT2D eigenvalue weighted by Crippen LogP contribution is -2.64. The van der Waals surface area contributed by atoms with Crippen molar-refractivity contribution in [2.24, 2.45) is 11.7 Å². The first kappa shape index (κ1) is 27.4. The molecule has 0 radical (unpaired) electrons. The Morgan fingerprint density at radius 2 is 1.86 bits per heavy atom. The molecule has 0 saturated carbocycles. The SMILES string of the molecule is CC(C)(C)OC(=O)N1CCN(Cc2ccccc2)C(=O)[C@@H]1[C@@H](O)[C@@H](CCN)Cc1cc(O)cc(F)c1. The van der Waals surface area contributed by atoms with Crippen LogP contribution in [0, 0.1) is 11.7 Å². The van der Waals surface area contributed by atoms with Gasteiger partial charge in [0.25, 0.3) is 0 Å². The summed E-state index contributed by atoms with van der Waals surface area (Å²) in [7, 11) is 0. The zero-order chi connectivity index (χ0) is 26.5. The third-order valence-corrected chi connectivity index (χ3v) is 6.14. The topological polar surface area (TPSA) is 116 Å². The molecular formula is C27H36FN3O5. The number of amides is 2. The molecule has 1 saturated heterocycles. The number of aliphatic hydroxyl groups is 1. The second-order valence-electron chi connectivity index (χ2n) is 10.2. The first-order valence-corrected chi connectivity index (χ1v) is 12.2. The van der Waals surface area contributed by atoms with Gasteiger partial charge in [0, 0.05) is 25.7 Å². The molecule has 0 spiro atoms. The molecule has 0 bridgehead atoms. The molecule has 3 rings (SSSR count). The van der Waals surface area contributed by atoms with Gasteiger partial charge in [-0.15, -0.1) is 0 Å². The number of aliphatic hydroxyl groups excluding tert-OH is 1. The Morgan fingerprint density at radius 3 is 2.47 bits per heavy atom. The smallest absolute Gasteiger partial charge is 0.411 e. The maximum Gasteiger partial charge on any atom is 0.411 e. The highest BCUT2D eigenvalue weighted by atomic mass is 19.1. The van der Waals surface area contributed by atoms with Gasteiger partial charge in [-0.1, -0.05) is 30.3 Å². The lowest BCUT2D eigenvalue weighted by atomic mass is 9.85. The number of nitrogens with zero attached hydrogens (tertiary/aromatic N) is 2. The number of carbonyl (C=O) groups excluding carboxylic acids is 2. The number of benzene rings is 2. The zero-order valence-electron chi connectivity index (χ0n) is 21.1. The van der Waals surface area contributed by atoms with E-state index in [9.17, 15) is 24.2 Å². The number of hydrogen-bond donors (Lipinski definition) is 3. The minimum absolute atomic E-state index is 0.161. The number of halogens is 1. The van der Waals surface area contributed by atoms with Crippen LogP contribution in [0.5, 0.6) is 5.75 Å². The van der Waals surface area contributed by atoms with E-state index in [2.05, 4.69) is 0 Å². The van der Waals surface area contributed by atoms with Gasteiger partial charge in [-0.2, -0.15) is 0 Å². The number of aromatic hydroxyl groups is 1. The molecule has 1 heterocycles. The van der Waals surface area contributed by atoms with Crippen LogP contribution in [0.4, 0.5) is 9.18 Å². The van der Waals surface area contributed by atoms with E-state index < -0.39 is 41.5 Å². The predicted molar refractivity (Wildman–Crippen MR) is 134 cm³/mol.